The smallest absolute Gasteiger partial charge is 0.164 e. The van der Waals surface area contributed by atoms with Gasteiger partial charge in [-0.3, -0.25) is 0 Å². The summed E-state index contributed by atoms with van der Waals surface area (Å²) in [4.78, 5) is 19.7. The predicted octanol–water partition coefficient (Wildman–Crippen LogP) is 10.5. The molecule has 0 radical (unpaired) electrons. The summed E-state index contributed by atoms with van der Waals surface area (Å²) in [6, 6.07) is 41.1. The first-order valence-electron chi connectivity index (χ1n) is 15.0. The number of aliphatic imine (C=N–C) groups is 1. The van der Waals surface area contributed by atoms with Crippen LogP contribution in [-0.4, -0.2) is 20.7 Å². The highest BCUT2D eigenvalue weighted by Gasteiger charge is 2.14. The number of hydrogen-bond acceptors (Lipinski definition) is 4. The van der Waals surface area contributed by atoms with Gasteiger partial charge in [0.05, 0.1) is 11.4 Å². The topological polar surface area (TPSA) is 51.0 Å². The molecule has 220 valence electrons. The van der Waals surface area contributed by atoms with Gasteiger partial charge in [-0.25, -0.2) is 19.9 Å². The number of benzene rings is 5. The van der Waals surface area contributed by atoms with Crippen LogP contribution in [0.1, 0.15) is 22.5 Å². The quantitative estimate of drug-likeness (QED) is 0.117. The number of fused-ring (bicyclic) bond motifs is 1. The van der Waals surface area contributed by atoms with Crippen molar-refractivity contribution in [2.75, 3.05) is 0 Å². The van der Waals surface area contributed by atoms with Crippen LogP contribution in [0, 0.1) is 0 Å². The van der Waals surface area contributed by atoms with E-state index in [0.29, 0.717) is 17.5 Å². The molecule has 0 amide bonds. The number of hydrogen-bond donors (Lipinski definition) is 0. The average molecular weight is 593 g/mol. The van der Waals surface area contributed by atoms with Crippen molar-refractivity contribution in [3.05, 3.63) is 194 Å². The Kier molecular flexibility index (Phi) is 9.08. The molecule has 4 nitrogen and oxygen atoms in total. The molecule has 1 heterocycles. The lowest BCUT2D eigenvalue weighted by atomic mass is 9.97. The van der Waals surface area contributed by atoms with Crippen LogP contribution in [-0.2, 0) is 0 Å². The predicted molar refractivity (Wildman–Crippen MR) is 194 cm³/mol. The molecule has 0 aliphatic heterocycles. The number of rotatable bonds is 10. The van der Waals surface area contributed by atoms with E-state index in [0.717, 1.165) is 50.2 Å². The van der Waals surface area contributed by atoms with Gasteiger partial charge in [0, 0.05) is 33.4 Å². The van der Waals surface area contributed by atoms with Crippen molar-refractivity contribution >= 4 is 33.8 Å². The van der Waals surface area contributed by atoms with E-state index in [1.165, 1.54) is 5.39 Å². The fourth-order valence-electron chi connectivity index (χ4n) is 5.14. The van der Waals surface area contributed by atoms with Crippen LogP contribution in [0.15, 0.2) is 176 Å². The third-order valence-corrected chi connectivity index (χ3v) is 7.46. The molecule has 0 saturated carbocycles. The Hall–Kier alpha value is -6.26. The molecular weight excluding hydrogens is 560 g/mol. The van der Waals surface area contributed by atoms with Crippen LogP contribution in [0.4, 0.5) is 5.69 Å². The first-order valence-corrected chi connectivity index (χ1v) is 15.0. The minimum absolute atomic E-state index is 0.533. The summed E-state index contributed by atoms with van der Waals surface area (Å²) in [5.74, 6) is 1.69. The molecule has 0 bridgehead atoms. The third-order valence-electron chi connectivity index (χ3n) is 7.46. The van der Waals surface area contributed by atoms with Crippen molar-refractivity contribution in [1.82, 2.24) is 15.0 Å². The highest BCUT2D eigenvalue weighted by atomic mass is 15.0. The Labute approximate surface area is 269 Å². The van der Waals surface area contributed by atoms with E-state index < -0.39 is 0 Å². The van der Waals surface area contributed by atoms with Crippen LogP contribution in [0.2, 0.25) is 0 Å². The summed E-state index contributed by atoms with van der Waals surface area (Å²) in [6.45, 7) is 11.6. The molecule has 0 spiro atoms. The molecule has 0 unspecified atom stereocenters. The van der Waals surface area contributed by atoms with E-state index in [2.05, 4.69) is 80.4 Å². The minimum Gasteiger partial charge on any atom is -0.247 e. The maximum atomic E-state index is 5.25. The van der Waals surface area contributed by atoms with E-state index in [1.54, 1.807) is 18.2 Å². The number of aromatic nitrogens is 3. The summed E-state index contributed by atoms with van der Waals surface area (Å²) in [6.07, 6.45) is 11.0. The van der Waals surface area contributed by atoms with Crippen LogP contribution >= 0.6 is 0 Å². The second kappa shape index (κ2) is 14.0. The van der Waals surface area contributed by atoms with Gasteiger partial charge in [-0.2, -0.15) is 0 Å². The van der Waals surface area contributed by atoms with Gasteiger partial charge in [0.25, 0.3) is 0 Å². The zero-order valence-electron chi connectivity index (χ0n) is 25.4. The summed E-state index contributed by atoms with van der Waals surface area (Å²) in [5.41, 5.74) is 7.26. The standard InChI is InChI=1S/C42H32N4/c1-4-7-16-32-18-13-14-22-38(32)43-39(37-28-23-31-17-11-12-21-36(31)29-37)33-24-26-35(27-25-33)42-45-40(30(6-3)15-5-2)44-41(46-42)34-19-9-8-10-20-34/h4-29H,1-3H2/b16-7-,30-15+,43-39?. The van der Waals surface area contributed by atoms with Gasteiger partial charge < -0.3 is 0 Å². The first kappa shape index (κ1) is 29.8. The second-order valence-corrected chi connectivity index (χ2v) is 10.5. The summed E-state index contributed by atoms with van der Waals surface area (Å²) >= 11 is 0. The lowest BCUT2D eigenvalue weighted by molar-refractivity contribution is 1.04. The fraction of sp³-hybridized carbons (Fsp3) is 0. The first-order chi connectivity index (χ1) is 22.7. The van der Waals surface area contributed by atoms with Crippen molar-refractivity contribution < 1.29 is 0 Å². The van der Waals surface area contributed by atoms with Crippen LogP contribution in [0.3, 0.4) is 0 Å². The Morgan fingerprint density at radius 2 is 1.24 bits per heavy atom. The van der Waals surface area contributed by atoms with Crippen molar-refractivity contribution in [3.8, 4) is 22.8 Å². The van der Waals surface area contributed by atoms with Gasteiger partial charge in [-0.15, -0.1) is 0 Å². The number of nitrogens with zero attached hydrogens (tertiary/aromatic N) is 4. The maximum absolute atomic E-state index is 5.25. The molecule has 4 heteroatoms. The van der Waals surface area contributed by atoms with Gasteiger partial charge in [-0.1, -0.05) is 165 Å². The SMILES string of the molecule is C=C/C=C\c1ccccc1N=C(c1ccc(-c2nc(/C(C=C)=C/C=C)nc(-c3ccccc3)n2)cc1)c1ccc2ccccc2c1. The van der Waals surface area contributed by atoms with Gasteiger partial charge in [0.2, 0.25) is 0 Å². The molecule has 0 fully saturated rings. The van der Waals surface area contributed by atoms with E-state index in [4.69, 9.17) is 19.9 Å². The molecule has 0 N–H and O–H groups in total. The molecule has 0 saturated heterocycles. The number of allylic oxidation sites excluding steroid dienone is 6. The molecule has 6 rings (SSSR count). The highest BCUT2D eigenvalue weighted by Crippen LogP contribution is 2.28. The fourth-order valence-corrected chi connectivity index (χ4v) is 5.14. The normalized spacial score (nSPS) is 11.9. The minimum atomic E-state index is 0.533. The Balaban J connectivity index is 1.48. The molecule has 46 heavy (non-hydrogen) atoms. The Morgan fingerprint density at radius 1 is 0.587 bits per heavy atom. The van der Waals surface area contributed by atoms with E-state index in [9.17, 15) is 0 Å². The molecule has 1 aromatic heterocycles. The Morgan fingerprint density at radius 3 is 1.96 bits per heavy atom. The monoisotopic (exact) mass is 592 g/mol. The molecule has 0 atom stereocenters. The summed E-state index contributed by atoms with van der Waals surface area (Å²) < 4.78 is 0. The van der Waals surface area contributed by atoms with Gasteiger partial charge in [0.15, 0.2) is 17.5 Å². The molecule has 0 aliphatic carbocycles. The maximum Gasteiger partial charge on any atom is 0.164 e. The van der Waals surface area contributed by atoms with E-state index in [1.807, 2.05) is 78.9 Å². The van der Waals surface area contributed by atoms with Crippen molar-refractivity contribution in [3.63, 3.8) is 0 Å². The average Bonchev–Trinajstić information content (AvgIpc) is 3.12. The van der Waals surface area contributed by atoms with Crippen molar-refractivity contribution in [2.24, 2.45) is 4.99 Å². The van der Waals surface area contributed by atoms with Gasteiger partial charge in [0.1, 0.15) is 0 Å². The van der Waals surface area contributed by atoms with Gasteiger partial charge >= 0.3 is 0 Å². The lowest BCUT2D eigenvalue weighted by Gasteiger charge is -2.12. The molecule has 6 aromatic rings. The third kappa shape index (κ3) is 6.62. The second-order valence-electron chi connectivity index (χ2n) is 10.5. The van der Waals surface area contributed by atoms with E-state index in [-0.39, 0.29) is 0 Å². The highest BCUT2D eigenvalue weighted by molar-refractivity contribution is 6.15. The van der Waals surface area contributed by atoms with Crippen molar-refractivity contribution in [1.29, 1.82) is 0 Å². The lowest BCUT2D eigenvalue weighted by Crippen LogP contribution is -2.05. The van der Waals surface area contributed by atoms with Crippen LogP contribution < -0.4 is 0 Å². The largest absolute Gasteiger partial charge is 0.247 e. The van der Waals surface area contributed by atoms with Crippen LogP contribution in [0.5, 0.6) is 0 Å². The summed E-state index contributed by atoms with van der Waals surface area (Å²) in [7, 11) is 0. The zero-order valence-corrected chi connectivity index (χ0v) is 25.4. The van der Waals surface area contributed by atoms with Crippen LogP contribution in [0.25, 0.3) is 45.2 Å². The summed E-state index contributed by atoms with van der Waals surface area (Å²) in [5, 5.41) is 2.33. The molecule has 0 aliphatic rings. The van der Waals surface area contributed by atoms with Gasteiger partial charge in [-0.05, 0) is 22.9 Å². The zero-order chi connectivity index (χ0) is 31.7. The molecular formula is C42H32N4. The molecule has 5 aromatic carbocycles. The Bertz CT molecular complexity index is 2140. The number of para-hydroxylation sites is 1. The van der Waals surface area contributed by atoms with E-state index >= 15 is 0 Å². The van der Waals surface area contributed by atoms with Crippen molar-refractivity contribution in [2.45, 2.75) is 0 Å².